The molecule has 0 aliphatic carbocycles. The van der Waals surface area contributed by atoms with E-state index < -0.39 is 0 Å². The van der Waals surface area contributed by atoms with E-state index in [0.29, 0.717) is 23.1 Å². The number of rotatable bonds is 5. The zero-order chi connectivity index (χ0) is 14.7. The molecule has 2 aromatic heterocycles. The summed E-state index contributed by atoms with van der Waals surface area (Å²) in [6.07, 6.45) is 2.47. The van der Waals surface area contributed by atoms with Gasteiger partial charge in [0, 0.05) is 12.7 Å². The predicted molar refractivity (Wildman–Crippen MR) is 84.9 cm³/mol. The summed E-state index contributed by atoms with van der Waals surface area (Å²) >= 11 is 1.65. The molecule has 1 aromatic carbocycles. The van der Waals surface area contributed by atoms with E-state index in [4.69, 9.17) is 0 Å². The molecular formula is C15H13N3O2S. The third-order valence-corrected chi connectivity index (χ3v) is 3.98. The van der Waals surface area contributed by atoms with Gasteiger partial charge in [-0.25, -0.2) is 0 Å². The lowest BCUT2D eigenvalue weighted by molar-refractivity contribution is -0.382. The van der Waals surface area contributed by atoms with Gasteiger partial charge in [0.2, 0.25) is 0 Å². The number of nitrogens with zero attached hydrogens (tertiary/aromatic N) is 2. The number of fused-ring (bicyclic) bond motifs is 1. The molecule has 0 aliphatic rings. The van der Waals surface area contributed by atoms with Crippen LogP contribution in [0, 0.1) is 10.1 Å². The molecule has 0 fully saturated rings. The first kappa shape index (κ1) is 13.5. The fourth-order valence-electron chi connectivity index (χ4n) is 2.25. The van der Waals surface area contributed by atoms with Gasteiger partial charge in [-0.05, 0) is 53.1 Å². The van der Waals surface area contributed by atoms with Crippen LogP contribution in [0.3, 0.4) is 0 Å². The third kappa shape index (κ3) is 2.85. The van der Waals surface area contributed by atoms with Crippen molar-refractivity contribution in [3.8, 4) is 0 Å². The van der Waals surface area contributed by atoms with E-state index in [1.807, 2.05) is 5.38 Å². The summed E-state index contributed by atoms with van der Waals surface area (Å²) in [5.74, 6) is 0. The Balaban J connectivity index is 1.87. The minimum atomic E-state index is -0.350. The monoisotopic (exact) mass is 299 g/mol. The molecular weight excluding hydrogens is 286 g/mol. The van der Waals surface area contributed by atoms with Crippen molar-refractivity contribution in [2.45, 2.75) is 6.42 Å². The van der Waals surface area contributed by atoms with Gasteiger partial charge in [0.05, 0.1) is 15.8 Å². The zero-order valence-corrected chi connectivity index (χ0v) is 12.0. The maximum absolute atomic E-state index is 11.4. The average molecular weight is 299 g/mol. The molecule has 0 amide bonds. The van der Waals surface area contributed by atoms with Crippen LogP contribution in [0.1, 0.15) is 5.56 Å². The van der Waals surface area contributed by atoms with E-state index in [9.17, 15) is 10.1 Å². The van der Waals surface area contributed by atoms with E-state index in [0.717, 1.165) is 6.42 Å². The van der Waals surface area contributed by atoms with Crippen molar-refractivity contribution >= 4 is 33.6 Å². The number of anilines is 1. The maximum atomic E-state index is 11.4. The van der Waals surface area contributed by atoms with Gasteiger partial charge in [0.25, 0.3) is 0 Å². The summed E-state index contributed by atoms with van der Waals surface area (Å²) in [7, 11) is 0. The average Bonchev–Trinajstić information content (AvgIpc) is 3.00. The molecule has 106 valence electrons. The van der Waals surface area contributed by atoms with Gasteiger partial charge in [-0.2, -0.15) is 11.3 Å². The summed E-state index contributed by atoms with van der Waals surface area (Å²) in [6, 6.07) is 9.02. The first-order valence-electron chi connectivity index (χ1n) is 6.53. The number of nitro groups is 1. The number of hydrogen-bond acceptors (Lipinski definition) is 5. The fourth-order valence-corrected chi connectivity index (χ4v) is 2.96. The highest BCUT2D eigenvalue weighted by Crippen LogP contribution is 2.32. The number of pyridine rings is 1. The number of benzene rings is 1. The van der Waals surface area contributed by atoms with Gasteiger partial charge in [0.1, 0.15) is 5.69 Å². The molecule has 1 N–H and O–H groups in total. The second kappa shape index (κ2) is 5.88. The number of nitro benzene ring substituents is 1. The highest BCUT2D eigenvalue weighted by molar-refractivity contribution is 7.07. The van der Waals surface area contributed by atoms with Crippen LogP contribution in [0.2, 0.25) is 0 Å². The lowest BCUT2D eigenvalue weighted by atomic mass is 10.1. The molecule has 3 aromatic rings. The molecule has 0 bridgehead atoms. The second-order valence-electron chi connectivity index (χ2n) is 4.60. The lowest BCUT2D eigenvalue weighted by Gasteiger charge is -2.08. The minimum absolute atomic E-state index is 0.0888. The largest absolute Gasteiger partial charge is 0.379 e. The van der Waals surface area contributed by atoms with Crippen LogP contribution in [0.15, 0.2) is 47.3 Å². The third-order valence-electron chi connectivity index (χ3n) is 3.25. The van der Waals surface area contributed by atoms with Crippen molar-refractivity contribution in [2.24, 2.45) is 0 Å². The second-order valence-corrected chi connectivity index (χ2v) is 5.38. The fraction of sp³-hybridized carbons (Fsp3) is 0.133. The summed E-state index contributed by atoms with van der Waals surface area (Å²) < 4.78 is 0. The van der Waals surface area contributed by atoms with Gasteiger partial charge in [-0.1, -0.05) is 0 Å². The summed E-state index contributed by atoms with van der Waals surface area (Å²) in [5.41, 5.74) is 2.49. The first-order chi connectivity index (χ1) is 10.3. The standard InChI is InChI=1S/C15H13N3O2S/c19-18(20)15-12-2-1-7-16-13(12)3-4-14(15)17-8-5-11-6-9-21-10-11/h1-4,6-7,9-10,17H,5,8H2. The molecule has 6 heteroatoms. The molecule has 0 saturated heterocycles. The van der Waals surface area contributed by atoms with Crippen LogP contribution in [0.25, 0.3) is 10.9 Å². The maximum Gasteiger partial charge on any atom is 0.301 e. The van der Waals surface area contributed by atoms with Gasteiger partial charge < -0.3 is 5.32 Å². The molecule has 0 unspecified atom stereocenters. The van der Waals surface area contributed by atoms with Crippen LogP contribution < -0.4 is 5.32 Å². The Morgan fingerprint density at radius 1 is 1.29 bits per heavy atom. The predicted octanol–water partition coefficient (Wildman–Crippen LogP) is 3.86. The quantitative estimate of drug-likeness (QED) is 0.574. The van der Waals surface area contributed by atoms with Gasteiger partial charge in [-0.3, -0.25) is 15.1 Å². The van der Waals surface area contributed by atoms with Crippen LogP contribution in [-0.2, 0) is 6.42 Å². The summed E-state index contributed by atoms with van der Waals surface area (Å²) in [6.45, 7) is 0.656. The van der Waals surface area contributed by atoms with Gasteiger partial charge in [-0.15, -0.1) is 0 Å². The lowest BCUT2D eigenvalue weighted by Crippen LogP contribution is -2.07. The topological polar surface area (TPSA) is 68.1 Å². The number of aromatic nitrogens is 1. The van der Waals surface area contributed by atoms with E-state index in [1.165, 1.54) is 5.56 Å². The van der Waals surface area contributed by atoms with Crippen molar-refractivity contribution < 1.29 is 4.92 Å². The SMILES string of the molecule is O=[N+]([O-])c1c(NCCc2ccsc2)ccc2ncccc12. The summed E-state index contributed by atoms with van der Waals surface area (Å²) in [5, 5.41) is 19.2. The summed E-state index contributed by atoms with van der Waals surface area (Å²) in [4.78, 5) is 15.2. The van der Waals surface area contributed by atoms with Crippen molar-refractivity contribution in [3.63, 3.8) is 0 Å². The molecule has 3 rings (SSSR count). The number of thiophene rings is 1. The molecule has 21 heavy (non-hydrogen) atoms. The molecule has 5 nitrogen and oxygen atoms in total. The Hall–Kier alpha value is -2.47. The van der Waals surface area contributed by atoms with Crippen LogP contribution in [-0.4, -0.2) is 16.5 Å². The Bertz CT molecular complexity index is 772. The highest BCUT2D eigenvalue weighted by Gasteiger charge is 2.18. The molecule has 0 atom stereocenters. The van der Waals surface area contributed by atoms with Crippen molar-refractivity contribution in [3.05, 3.63) is 63.0 Å². The van der Waals surface area contributed by atoms with Gasteiger partial charge in [0.15, 0.2) is 0 Å². The van der Waals surface area contributed by atoms with E-state index in [-0.39, 0.29) is 10.6 Å². The van der Waals surface area contributed by atoms with Gasteiger partial charge >= 0.3 is 5.69 Å². The number of nitrogens with one attached hydrogen (secondary N) is 1. The van der Waals surface area contributed by atoms with E-state index >= 15 is 0 Å². The van der Waals surface area contributed by atoms with E-state index in [1.54, 1.807) is 41.8 Å². The van der Waals surface area contributed by atoms with Crippen molar-refractivity contribution in [1.82, 2.24) is 4.98 Å². The smallest absolute Gasteiger partial charge is 0.301 e. The molecule has 0 saturated carbocycles. The number of hydrogen-bond donors (Lipinski definition) is 1. The Kier molecular flexibility index (Phi) is 3.79. The molecule has 2 heterocycles. The van der Waals surface area contributed by atoms with Crippen molar-refractivity contribution in [1.29, 1.82) is 0 Å². The van der Waals surface area contributed by atoms with E-state index in [2.05, 4.69) is 21.7 Å². The Morgan fingerprint density at radius 2 is 2.19 bits per heavy atom. The Morgan fingerprint density at radius 3 is 2.95 bits per heavy atom. The highest BCUT2D eigenvalue weighted by atomic mass is 32.1. The van der Waals surface area contributed by atoms with Crippen molar-refractivity contribution in [2.75, 3.05) is 11.9 Å². The first-order valence-corrected chi connectivity index (χ1v) is 7.47. The molecule has 0 radical (unpaired) electrons. The minimum Gasteiger partial charge on any atom is -0.379 e. The van der Waals surface area contributed by atoms with Crippen LogP contribution in [0.4, 0.5) is 11.4 Å². The zero-order valence-electron chi connectivity index (χ0n) is 11.2. The van der Waals surface area contributed by atoms with Crippen LogP contribution in [0.5, 0.6) is 0 Å². The molecule has 0 aliphatic heterocycles. The van der Waals surface area contributed by atoms with Crippen LogP contribution >= 0.6 is 11.3 Å². The molecule has 0 spiro atoms. The Labute approximate surface area is 125 Å². The normalized spacial score (nSPS) is 10.7.